The third-order valence-corrected chi connectivity index (χ3v) is 2.90. The monoisotopic (exact) mass is 255 g/mol. The van der Waals surface area contributed by atoms with E-state index < -0.39 is 0 Å². The summed E-state index contributed by atoms with van der Waals surface area (Å²) in [5.74, 6) is 0. The average Bonchev–Trinajstić information content (AvgIpc) is 2.17. The number of benzene rings is 1. The Morgan fingerprint density at radius 2 is 2.06 bits per heavy atom. The van der Waals surface area contributed by atoms with Gasteiger partial charge in [0.15, 0.2) is 0 Å². The lowest BCUT2D eigenvalue weighted by Crippen LogP contribution is -2.24. The van der Waals surface area contributed by atoms with Crippen molar-refractivity contribution in [3.8, 4) is 0 Å². The number of hydrogen-bond donors (Lipinski definition) is 1. The maximum atomic E-state index is 6.05. The van der Waals surface area contributed by atoms with Crippen molar-refractivity contribution < 1.29 is 4.74 Å². The molecule has 0 aromatic heterocycles. The predicted octanol–water partition coefficient (Wildman–Crippen LogP) is 3.23. The van der Waals surface area contributed by atoms with Gasteiger partial charge >= 0.3 is 0 Å². The second-order valence-corrected chi connectivity index (χ2v) is 5.89. The lowest BCUT2D eigenvalue weighted by atomic mass is 9.86. The molecule has 1 heterocycles. The summed E-state index contributed by atoms with van der Waals surface area (Å²) < 4.78 is 5.42. The SMILES string of the molecule is CC(C)(C)Cc1ccc2c(c1)C(N)COC2.Cl. The van der Waals surface area contributed by atoms with Gasteiger partial charge in [-0.3, -0.25) is 0 Å². The first-order valence-corrected chi connectivity index (χ1v) is 5.91. The summed E-state index contributed by atoms with van der Waals surface area (Å²) in [7, 11) is 0. The molecule has 0 amide bonds. The quantitative estimate of drug-likeness (QED) is 0.836. The fraction of sp³-hybridized carbons (Fsp3) is 0.571. The molecule has 0 fully saturated rings. The minimum atomic E-state index is 0. The molecule has 1 aliphatic heterocycles. The van der Waals surface area contributed by atoms with E-state index >= 15 is 0 Å². The highest BCUT2D eigenvalue weighted by molar-refractivity contribution is 5.85. The van der Waals surface area contributed by atoms with Crippen molar-refractivity contribution in [3.05, 3.63) is 34.9 Å². The van der Waals surface area contributed by atoms with Crippen molar-refractivity contribution >= 4 is 12.4 Å². The zero-order chi connectivity index (χ0) is 11.8. The lowest BCUT2D eigenvalue weighted by molar-refractivity contribution is 0.0923. The van der Waals surface area contributed by atoms with Crippen LogP contribution in [0.3, 0.4) is 0 Å². The van der Waals surface area contributed by atoms with Gasteiger partial charge in [-0.1, -0.05) is 39.0 Å². The van der Waals surface area contributed by atoms with Gasteiger partial charge in [0.1, 0.15) is 0 Å². The van der Waals surface area contributed by atoms with Crippen LogP contribution in [0.5, 0.6) is 0 Å². The highest BCUT2D eigenvalue weighted by Crippen LogP contribution is 2.27. The molecule has 1 unspecified atom stereocenters. The first-order chi connectivity index (χ1) is 7.46. The van der Waals surface area contributed by atoms with Crippen molar-refractivity contribution in [2.75, 3.05) is 6.61 Å². The van der Waals surface area contributed by atoms with Crippen LogP contribution < -0.4 is 5.73 Å². The van der Waals surface area contributed by atoms with Gasteiger partial charge in [-0.25, -0.2) is 0 Å². The van der Waals surface area contributed by atoms with E-state index in [1.165, 1.54) is 16.7 Å². The zero-order valence-electron chi connectivity index (χ0n) is 10.8. The number of halogens is 1. The number of nitrogens with two attached hydrogens (primary N) is 1. The molecule has 0 saturated heterocycles. The maximum absolute atomic E-state index is 6.05. The molecule has 96 valence electrons. The minimum absolute atomic E-state index is 0. The van der Waals surface area contributed by atoms with Crippen molar-refractivity contribution in [1.29, 1.82) is 0 Å². The van der Waals surface area contributed by atoms with E-state index in [1.807, 2.05) is 0 Å². The summed E-state index contributed by atoms with van der Waals surface area (Å²) in [6.45, 7) is 8.13. The molecule has 2 N–H and O–H groups in total. The Hall–Kier alpha value is -0.570. The Morgan fingerprint density at radius 1 is 1.35 bits per heavy atom. The fourth-order valence-electron chi connectivity index (χ4n) is 2.23. The van der Waals surface area contributed by atoms with Crippen LogP contribution in [0.25, 0.3) is 0 Å². The third kappa shape index (κ3) is 3.70. The molecule has 2 nitrogen and oxygen atoms in total. The first-order valence-electron chi connectivity index (χ1n) is 5.91. The molecular weight excluding hydrogens is 234 g/mol. The van der Waals surface area contributed by atoms with Crippen molar-refractivity contribution in [2.24, 2.45) is 11.1 Å². The highest BCUT2D eigenvalue weighted by Gasteiger charge is 2.19. The molecule has 1 aliphatic rings. The van der Waals surface area contributed by atoms with Gasteiger partial charge < -0.3 is 10.5 Å². The van der Waals surface area contributed by atoms with Gasteiger partial charge in [-0.2, -0.15) is 0 Å². The Bertz CT molecular complexity index is 384. The van der Waals surface area contributed by atoms with Gasteiger partial charge in [0.25, 0.3) is 0 Å². The first kappa shape index (κ1) is 14.5. The van der Waals surface area contributed by atoms with Crippen molar-refractivity contribution in [3.63, 3.8) is 0 Å². The number of rotatable bonds is 1. The molecule has 2 rings (SSSR count). The van der Waals surface area contributed by atoms with Gasteiger partial charge in [0.2, 0.25) is 0 Å². The van der Waals surface area contributed by atoms with E-state index in [4.69, 9.17) is 10.5 Å². The van der Waals surface area contributed by atoms with E-state index in [1.54, 1.807) is 0 Å². The van der Waals surface area contributed by atoms with Crippen LogP contribution in [0, 0.1) is 5.41 Å². The normalized spacial score (nSPS) is 19.4. The van der Waals surface area contributed by atoms with Crippen LogP contribution >= 0.6 is 12.4 Å². The van der Waals surface area contributed by atoms with E-state index in [0.717, 1.165) is 6.42 Å². The van der Waals surface area contributed by atoms with E-state index in [0.29, 0.717) is 18.6 Å². The molecule has 0 saturated carbocycles. The second-order valence-electron chi connectivity index (χ2n) is 5.89. The Morgan fingerprint density at radius 3 is 2.71 bits per heavy atom. The molecule has 1 aromatic carbocycles. The molecule has 0 radical (unpaired) electrons. The second kappa shape index (κ2) is 5.38. The molecular formula is C14H22ClNO. The average molecular weight is 256 g/mol. The summed E-state index contributed by atoms with van der Waals surface area (Å²) in [5, 5.41) is 0. The predicted molar refractivity (Wildman–Crippen MR) is 73.4 cm³/mol. The molecule has 0 spiro atoms. The van der Waals surface area contributed by atoms with Crippen molar-refractivity contribution in [2.45, 2.75) is 39.8 Å². The van der Waals surface area contributed by atoms with Crippen LogP contribution in [0.2, 0.25) is 0 Å². The lowest BCUT2D eigenvalue weighted by Gasteiger charge is -2.25. The van der Waals surface area contributed by atoms with Gasteiger partial charge in [-0.05, 0) is 28.5 Å². The van der Waals surface area contributed by atoms with E-state index in [9.17, 15) is 0 Å². The summed E-state index contributed by atoms with van der Waals surface area (Å²) in [6.07, 6.45) is 1.09. The summed E-state index contributed by atoms with van der Waals surface area (Å²) >= 11 is 0. The van der Waals surface area contributed by atoms with Crippen LogP contribution in [-0.4, -0.2) is 6.61 Å². The fourth-order valence-corrected chi connectivity index (χ4v) is 2.23. The smallest absolute Gasteiger partial charge is 0.0721 e. The Balaban J connectivity index is 0.00000144. The summed E-state index contributed by atoms with van der Waals surface area (Å²) in [4.78, 5) is 0. The largest absolute Gasteiger partial charge is 0.375 e. The van der Waals surface area contributed by atoms with E-state index in [-0.39, 0.29) is 18.4 Å². The van der Waals surface area contributed by atoms with E-state index in [2.05, 4.69) is 39.0 Å². The number of ether oxygens (including phenoxy) is 1. The maximum Gasteiger partial charge on any atom is 0.0721 e. The highest BCUT2D eigenvalue weighted by atomic mass is 35.5. The van der Waals surface area contributed by atoms with Gasteiger partial charge in [0, 0.05) is 0 Å². The van der Waals surface area contributed by atoms with Crippen LogP contribution in [0.15, 0.2) is 18.2 Å². The zero-order valence-corrected chi connectivity index (χ0v) is 11.6. The summed E-state index contributed by atoms with van der Waals surface area (Å²) in [6, 6.07) is 6.66. The van der Waals surface area contributed by atoms with Gasteiger partial charge in [-0.15, -0.1) is 12.4 Å². The van der Waals surface area contributed by atoms with Crippen LogP contribution in [0.4, 0.5) is 0 Å². The molecule has 3 heteroatoms. The Labute approximate surface area is 110 Å². The number of fused-ring (bicyclic) bond motifs is 1. The van der Waals surface area contributed by atoms with Crippen LogP contribution in [0.1, 0.15) is 43.5 Å². The molecule has 1 aromatic rings. The molecule has 0 aliphatic carbocycles. The molecule has 1 atom stereocenters. The van der Waals surface area contributed by atoms with Crippen LogP contribution in [-0.2, 0) is 17.8 Å². The number of hydrogen-bond acceptors (Lipinski definition) is 2. The molecule has 17 heavy (non-hydrogen) atoms. The standard InChI is InChI=1S/C14H21NO.ClH/c1-14(2,3)7-10-4-5-11-8-16-9-13(15)12(11)6-10;/h4-6,13H,7-9,15H2,1-3H3;1H. The Kier molecular flexibility index (Phi) is 4.59. The third-order valence-electron chi connectivity index (χ3n) is 2.90. The van der Waals surface area contributed by atoms with Gasteiger partial charge in [0.05, 0.1) is 19.3 Å². The molecule has 0 bridgehead atoms. The minimum Gasteiger partial charge on any atom is -0.375 e. The van der Waals surface area contributed by atoms with Crippen molar-refractivity contribution in [1.82, 2.24) is 0 Å². The topological polar surface area (TPSA) is 35.2 Å². The summed E-state index contributed by atoms with van der Waals surface area (Å²) in [5.41, 5.74) is 10.3.